The Morgan fingerprint density at radius 3 is 0.924 bits per heavy atom. The van der Waals surface area contributed by atoms with Crippen LogP contribution >= 0.6 is 0 Å². The number of aromatic nitrogens is 3. The van der Waals surface area contributed by atoms with Gasteiger partial charge in [-0.15, -0.1) is 0 Å². The number of carbonyl (C=O) groups excluding carboxylic acids is 3. The average Bonchev–Trinajstić information content (AvgIpc) is 3.29. The van der Waals surface area contributed by atoms with Gasteiger partial charge in [0.2, 0.25) is 0 Å². The summed E-state index contributed by atoms with van der Waals surface area (Å²) in [5.41, 5.74) is 0.465. The van der Waals surface area contributed by atoms with Crippen molar-refractivity contribution >= 4 is 17.9 Å². The van der Waals surface area contributed by atoms with Crippen molar-refractivity contribution in [1.82, 2.24) is 15.0 Å². The first-order valence-electron chi connectivity index (χ1n) is 23.7. The molecule has 0 amide bonds. The van der Waals surface area contributed by atoms with Gasteiger partial charge in [0, 0.05) is 18.2 Å². The molecule has 0 saturated heterocycles. The molecule has 0 saturated carbocycles. The van der Waals surface area contributed by atoms with Gasteiger partial charge in [0.05, 0.1) is 36.5 Å². The molecule has 360 valence electrons. The van der Waals surface area contributed by atoms with Gasteiger partial charge in [-0.3, -0.25) is 0 Å². The highest BCUT2D eigenvalue weighted by Crippen LogP contribution is 2.38. The van der Waals surface area contributed by atoms with Crippen LogP contribution in [0, 0.1) is 0 Å². The Morgan fingerprint density at radius 1 is 0.424 bits per heavy atom. The second kappa shape index (κ2) is 28.0. The second-order valence-corrected chi connectivity index (χ2v) is 16.0. The van der Waals surface area contributed by atoms with Crippen molar-refractivity contribution in [3.8, 4) is 68.7 Å². The molecule has 3 N–H and O–H groups in total. The van der Waals surface area contributed by atoms with Crippen LogP contribution in [0.15, 0.2) is 54.6 Å². The van der Waals surface area contributed by atoms with Gasteiger partial charge in [-0.1, -0.05) is 78.6 Å². The predicted molar refractivity (Wildman–Crippen MR) is 251 cm³/mol. The highest BCUT2D eigenvalue weighted by atomic mass is 16.6. The number of hydrogen-bond donors (Lipinski definition) is 3. The highest BCUT2D eigenvalue weighted by Gasteiger charge is 2.26. The molecule has 0 fully saturated rings. The summed E-state index contributed by atoms with van der Waals surface area (Å²) in [7, 11) is 0. The van der Waals surface area contributed by atoms with Crippen molar-refractivity contribution in [3.05, 3.63) is 54.6 Å². The molecule has 0 aliphatic rings. The van der Waals surface area contributed by atoms with Crippen molar-refractivity contribution in [1.29, 1.82) is 0 Å². The summed E-state index contributed by atoms with van der Waals surface area (Å²) in [6.45, 7) is 12.1. The molecule has 3 aromatic carbocycles. The molecule has 1 aromatic heterocycles. The van der Waals surface area contributed by atoms with Crippen molar-refractivity contribution < 1.29 is 58.1 Å². The van der Waals surface area contributed by atoms with Gasteiger partial charge in [0.1, 0.15) is 34.5 Å². The minimum atomic E-state index is -0.880. The van der Waals surface area contributed by atoms with Crippen molar-refractivity contribution in [3.63, 3.8) is 0 Å². The average molecular weight is 916 g/mol. The Kier molecular flexibility index (Phi) is 22.3. The normalized spacial score (nSPS) is 12.5. The van der Waals surface area contributed by atoms with Crippen LogP contribution in [-0.2, 0) is 28.6 Å². The van der Waals surface area contributed by atoms with Crippen molar-refractivity contribution in [2.45, 2.75) is 156 Å². The molecule has 4 rings (SSSR count). The van der Waals surface area contributed by atoms with E-state index in [2.05, 4.69) is 35.7 Å². The van der Waals surface area contributed by atoms with Crippen LogP contribution in [0.25, 0.3) is 34.2 Å². The minimum Gasteiger partial charge on any atom is -0.507 e. The third-order valence-electron chi connectivity index (χ3n) is 10.7. The number of nitrogens with zero attached hydrogens (tertiary/aromatic N) is 3. The van der Waals surface area contributed by atoms with Gasteiger partial charge in [-0.05, 0) is 95.7 Å². The maximum absolute atomic E-state index is 12.8. The lowest BCUT2D eigenvalue weighted by molar-refractivity contribution is -0.152. The number of phenols is 3. The number of ether oxygens (including phenoxy) is 6. The van der Waals surface area contributed by atoms with Crippen LogP contribution < -0.4 is 14.2 Å². The van der Waals surface area contributed by atoms with E-state index >= 15 is 0 Å². The zero-order valence-corrected chi connectivity index (χ0v) is 39.5. The lowest BCUT2D eigenvalue weighted by atomic mass is 10.1. The number of unbranched alkanes of at least 4 members (excludes halogenated alkanes) is 9. The number of hydrogen-bond acceptors (Lipinski definition) is 15. The van der Waals surface area contributed by atoms with Crippen LogP contribution in [0.5, 0.6) is 34.5 Å². The fourth-order valence-corrected chi connectivity index (χ4v) is 7.20. The van der Waals surface area contributed by atoms with E-state index in [0.717, 1.165) is 77.0 Å². The SMILES string of the molecule is CCCCCCC(Oc1ccc(-c2nc(-c3ccc(OC(CCCCCC)C(=O)OCC)cc3O)nc(-c3ccc(OC(CCCCCC)C(=O)OCC)cc3O)n2)c(O)c1)C(=O)OCC. The van der Waals surface area contributed by atoms with Crippen LogP contribution in [0.3, 0.4) is 0 Å². The first-order chi connectivity index (χ1) is 32.0. The standard InChI is InChI=1S/C51H69N3O12/c1-7-13-16-19-22-43(49(58)61-10-4)64-34-25-28-37(40(55)31-34)46-52-47(38-29-26-35(32-41(38)56)65-44(50(59)62-11-5)23-20-17-14-8-2)54-48(53-46)39-30-27-36(33-42(39)57)66-45(51(60)63-12-6)24-21-18-15-9-3/h25-33,43-45,55-57H,7-24H2,1-6H3. The number of esters is 3. The first kappa shape index (κ1) is 52.5. The summed E-state index contributed by atoms with van der Waals surface area (Å²) in [5.74, 6) is -1.74. The molecule has 3 unspecified atom stereocenters. The molecule has 4 aromatic rings. The van der Waals surface area contributed by atoms with E-state index in [1.54, 1.807) is 39.0 Å². The highest BCUT2D eigenvalue weighted by molar-refractivity contribution is 5.78. The molecule has 0 aliphatic carbocycles. The molecule has 0 aliphatic heterocycles. The third kappa shape index (κ3) is 16.1. The summed E-state index contributed by atoms with van der Waals surface area (Å²) < 4.78 is 34.0. The number of rotatable bonds is 30. The fourth-order valence-electron chi connectivity index (χ4n) is 7.20. The van der Waals surface area contributed by atoms with Crippen LogP contribution in [0.1, 0.15) is 138 Å². The number of aromatic hydroxyl groups is 3. The molecule has 1 heterocycles. The molecule has 3 atom stereocenters. The van der Waals surface area contributed by atoms with Crippen LogP contribution in [0.2, 0.25) is 0 Å². The lowest BCUT2D eigenvalue weighted by Gasteiger charge is -2.19. The predicted octanol–water partition coefficient (Wildman–Crippen LogP) is 10.8. The topological polar surface area (TPSA) is 206 Å². The van der Waals surface area contributed by atoms with Gasteiger partial charge in [0.15, 0.2) is 35.8 Å². The molecule has 15 heteroatoms. The number of benzene rings is 3. The maximum Gasteiger partial charge on any atom is 0.347 e. The van der Waals surface area contributed by atoms with Crippen molar-refractivity contribution in [2.24, 2.45) is 0 Å². The minimum absolute atomic E-state index is 0.0241. The smallest absolute Gasteiger partial charge is 0.347 e. The Morgan fingerprint density at radius 2 is 0.697 bits per heavy atom. The van der Waals surface area contributed by atoms with E-state index < -0.39 is 36.2 Å². The summed E-state index contributed by atoms with van der Waals surface area (Å²) >= 11 is 0. The molecule has 0 spiro atoms. The zero-order valence-electron chi connectivity index (χ0n) is 39.5. The van der Waals surface area contributed by atoms with Gasteiger partial charge >= 0.3 is 17.9 Å². The monoisotopic (exact) mass is 915 g/mol. The summed E-state index contributed by atoms with van der Waals surface area (Å²) in [4.78, 5) is 52.5. The number of carbonyl (C=O) groups is 3. The first-order valence-corrected chi connectivity index (χ1v) is 23.7. The molecule has 15 nitrogen and oxygen atoms in total. The van der Waals surface area contributed by atoms with E-state index in [1.165, 1.54) is 36.4 Å². The van der Waals surface area contributed by atoms with E-state index in [9.17, 15) is 29.7 Å². The Labute approximate surface area is 389 Å². The quantitative estimate of drug-likeness (QED) is 0.0253. The van der Waals surface area contributed by atoms with E-state index in [0.29, 0.717) is 19.3 Å². The Bertz CT molecular complexity index is 1900. The van der Waals surface area contributed by atoms with Crippen molar-refractivity contribution in [2.75, 3.05) is 19.8 Å². The van der Waals surface area contributed by atoms with Crippen LogP contribution in [0.4, 0.5) is 0 Å². The van der Waals surface area contributed by atoms with E-state index in [-0.39, 0.29) is 88.5 Å². The summed E-state index contributed by atoms with van der Waals surface area (Å²) in [6.07, 6.45) is 9.92. The maximum atomic E-state index is 12.8. The molecular formula is C51H69N3O12. The molecular weight excluding hydrogens is 847 g/mol. The molecule has 66 heavy (non-hydrogen) atoms. The molecule has 0 bridgehead atoms. The van der Waals surface area contributed by atoms with Gasteiger partial charge in [0.25, 0.3) is 0 Å². The zero-order chi connectivity index (χ0) is 47.8. The fraction of sp³-hybridized carbons (Fsp3) is 0.529. The third-order valence-corrected chi connectivity index (χ3v) is 10.7. The van der Waals surface area contributed by atoms with Gasteiger partial charge in [-0.2, -0.15) is 0 Å². The Balaban J connectivity index is 1.76. The second-order valence-electron chi connectivity index (χ2n) is 16.0. The molecule has 0 radical (unpaired) electrons. The largest absolute Gasteiger partial charge is 0.507 e. The van der Waals surface area contributed by atoms with Crippen LogP contribution in [-0.4, -0.2) is 86.3 Å². The lowest BCUT2D eigenvalue weighted by Crippen LogP contribution is -2.29. The van der Waals surface area contributed by atoms with Gasteiger partial charge < -0.3 is 43.7 Å². The summed E-state index contributed by atoms with van der Waals surface area (Å²) in [6, 6.07) is 13.4. The Hall–Kier alpha value is -6.12. The summed E-state index contributed by atoms with van der Waals surface area (Å²) in [5, 5.41) is 34.4. The number of phenolic OH excluding ortho intramolecular Hbond substituents is 3. The van der Waals surface area contributed by atoms with E-state index in [4.69, 9.17) is 28.4 Å². The van der Waals surface area contributed by atoms with E-state index in [1.807, 2.05) is 0 Å². The van der Waals surface area contributed by atoms with Gasteiger partial charge in [-0.25, -0.2) is 29.3 Å².